The summed E-state index contributed by atoms with van der Waals surface area (Å²) in [5, 5.41) is 31.6. The van der Waals surface area contributed by atoms with Gasteiger partial charge in [0.2, 0.25) is 30.4 Å². The summed E-state index contributed by atoms with van der Waals surface area (Å²) in [6.45, 7) is 6.10. The van der Waals surface area contributed by atoms with Crippen molar-refractivity contribution < 1.29 is 86.6 Å². The van der Waals surface area contributed by atoms with E-state index in [0.717, 1.165) is 42.3 Å². The molecule has 3 atom stereocenters. The Morgan fingerprint density at radius 3 is 2.45 bits per heavy atom. The van der Waals surface area contributed by atoms with Crippen molar-refractivity contribution in [3.05, 3.63) is 75.5 Å². The van der Waals surface area contributed by atoms with Crippen molar-refractivity contribution in [3.8, 4) is 34.1 Å². The van der Waals surface area contributed by atoms with Crippen LogP contribution in [0.3, 0.4) is 0 Å². The molecular formula is C52H63N12O11STb-. The van der Waals surface area contributed by atoms with Gasteiger partial charge in [-0.2, -0.15) is 0 Å². The maximum atomic E-state index is 13.9. The van der Waals surface area contributed by atoms with Gasteiger partial charge in [-0.1, -0.05) is 44.6 Å². The van der Waals surface area contributed by atoms with Gasteiger partial charge in [-0.3, -0.25) is 38.6 Å². The maximum absolute atomic E-state index is 13.9. The van der Waals surface area contributed by atoms with Crippen molar-refractivity contribution in [1.29, 1.82) is 0 Å². The van der Waals surface area contributed by atoms with Crippen LogP contribution in [-0.4, -0.2) is 134 Å². The third-order valence-corrected chi connectivity index (χ3v) is 13.7. The van der Waals surface area contributed by atoms with E-state index < -0.39 is 46.9 Å². The molecule has 0 bridgehead atoms. The van der Waals surface area contributed by atoms with Crippen molar-refractivity contribution >= 4 is 59.2 Å². The fourth-order valence-corrected chi connectivity index (χ4v) is 9.39. The molecule has 0 saturated carbocycles. The second kappa shape index (κ2) is 26.5. The standard InChI is InChI=1S/C52H64N12O11S.Tb/c1-6-52(71)36-20-40-46-34(25-64(40)49(69)35(36)27-73-50(52)70)32(33-19-41-42(75-29-74-41)21-38(33)57-46)13-12-18-72-28-56-44(66)24-53-47(67)37(14-9-11-16-62(4)5)58-48(68)45(30(2)3)59-43(65)15-8-7-10-17-63-26-39(60-61-63)31-22-54-51(76)55-23-31;/h12-13,19-23,26,30,37,45,71H,6-11,14-18,24-25,27-29H2,1-5H3,(H,53,67)(H,56,66)(H,58,68)(H,59,65)(H,54,55,76);/p-1/b13-12+;/t37-,45-,52-;/m0./s1. The number of hydrogen-bond donors (Lipinski definition) is 5. The van der Waals surface area contributed by atoms with E-state index in [2.05, 4.69) is 41.5 Å². The van der Waals surface area contributed by atoms with Crippen LogP contribution in [0.2, 0.25) is 0 Å². The number of pyridine rings is 2. The molecule has 413 valence electrons. The Balaban J connectivity index is 0.00000861. The zero-order valence-electron chi connectivity index (χ0n) is 43.5. The van der Waals surface area contributed by atoms with Gasteiger partial charge in [-0.15, -0.1) is 5.10 Å². The Labute approximate surface area is 480 Å². The minimum atomic E-state index is -1.98. The number of nitrogens with zero attached hydrogens (tertiary/aromatic N) is 8. The first kappa shape index (κ1) is 58.6. The van der Waals surface area contributed by atoms with Crippen LogP contribution in [0.1, 0.15) is 94.4 Å². The summed E-state index contributed by atoms with van der Waals surface area (Å²) >= 11 is 4.95. The number of nitrogens with one attached hydrogen (secondary N) is 4. The molecule has 3 aliphatic heterocycles. The van der Waals surface area contributed by atoms with Gasteiger partial charge in [0.05, 0.1) is 48.4 Å². The first-order chi connectivity index (χ1) is 36.5. The van der Waals surface area contributed by atoms with Gasteiger partial charge in [0.15, 0.2) is 17.1 Å². The molecule has 4 amide bonds. The van der Waals surface area contributed by atoms with E-state index in [9.17, 15) is 33.9 Å². The summed E-state index contributed by atoms with van der Waals surface area (Å²) < 4.78 is 25.6. The third-order valence-electron chi connectivity index (χ3n) is 13.5. The fraction of sp³-hybridized carbons (Fsp3) is 0.481. The molecule has 0 fully saturated rings. The summed E-state index contributed by atoms with van der Waals surface area (Å²) in [6, 6.07) is 3.37. The van der Waals surface area contributed by atoms with Crippen LogP contribution < -0.4 is 36.3 Å². The third kappa shape index (κ3) is 14.0. The average Bonchev–Trinajstić information content (AvgIpc) is 4.24. The fourth-order valence-electron chi connectivity index (χ4n) is 9.28. The molecule has 77 heavy (non-hydrogen) atoms. The van der Waals surface area contributed by atoms with E-state index >= 15 is 0 Å². The molecule has 25 heteroatoms. The van der Waals surface area contributed by atoms with Gasteiger partial charge in [0.25, 0.3) is 5.56 Å². The predicted octanol–water partition coefficient (Wildman–Crippen LogP) is 2.60. The van der Waals surface area contributed by atoms with Gasteiger partial charge in [-0.25, -0.2) is 9.78 Å². The van der Waals surface area contributed by atoms with E-state index in [1.807, 2.05) is 45.0 Å². The zero-order valence-corrected chi connectivity index (χ0v) is 46.5. The molecule has 3 aliphatic rings. The first-order valence-electron chi connectivity index (χ1n) is 25.4. The number of unbranched alkanes of at least 4 members (excludes halogenated alkanes) is 3. The molecule has 1 aromatic carbocycles. The van der Waals surface area contributed by atoms with E-state index in [1.165, 1.54) is 0 Å². The summed E-state index contributed by atoms with van der Waals surface area (Å²) in [7, 11) is 3.90. The minimum Gasteiger partial charge on any atom is -0.740 e. The molecule has 0 unspecified atom stereocenters. The molecule has 7 heterocycles. The van der Waals surface area contributed by atoms with Gasteiger partial charge >= 0.3 is 5.97 Å². The van der Waals surface area contributed by atoms with Crippen LogP contribution in [0.4, 0.5) is 0 Å². The number of amides is 4. The number of ether oxygens (including phenoxy) is 4. The molecule has 0 spiro atoms. The number of aromatic nitrogens is 7. The van der Waals surface area contributed by atoms with Crippen LogP contribution in [0, 0.1) is 44.5 Å². The number of carbonyl (C=O) groups is 5. The van der Waals surface area contributed by atoms with Crippen LogP contribution >= 0.6 is 0 Å². The number of benzene rings is 1. The second-order valence-corrected chi connectivity index (χ2v) is 19.9. The van der Waals surface area contributed by atoms with Crippen molar-refractivity contribution in [2.24, 2.45) is 5.92 Å². The summed E-state index contributed by atoms with van der Waals surface area (Å²) in [5.41, 5.74) is 2.36. The number of esters is 1. The number of aryl methyl sites for hydroxylation is 1. The van der Waals surface area contributed by atoms with E-state index in [0.29, 0.717) is 65.5 Å². The summed E-state index contributed by atoms with van der Waals surface area (Å²) in [4.78, 5) is 95.0. The van der Waals surface area contributed by atoms with Crippen molar-refractivity contribution in [3.63, 3.8) is 0 Å². The Bertz CT molecular complexity index is 3080. The second-order valence-electron chi connectivity index (χ2n) is 19.5. The molecule has 8 rings (SSSR count). The molecule has 4 aromatic heterocycles. The largest absolute Gasteiger partial charge is 0.740 e. The van der Waals surface area contributed by atoms with Crippen LogP contribution in [0.25, 0.3) is 39.6 Å². The minimum absolute atomic E-state index is 0. The number of hydrogen-bond acceptors (Lipinski definition) is 18. The quantitative estimate of drug-likeness (QED) is 0.0181. The SMILES string of the molecule is CC[C@@]1(O)C(=O)OCc2c1cc1n(c2=O)Cc2c-1nc1cc3c(cc1c2/C=C/COCNC(=O)CNC(=O)[C@H](CCCCN(C)C)NC(=O)[C@@H](NC(=O)CCCCCn1cc(-c2cnc([S-])nc2)nn1)C(C)C)OCO3.[Tb]. The Morgan fingerprint density at radius 2 is 1.71 bits per heavy atom. The Kier molecular flexibility index (Phi) is 20.1. The smallest absolute Gasteiger partial charge is 0.343 e. The van der Waals surface area contributed by atoms with Gasteiger partial charge < -0.3 is 67.4 Å². The number of carbonyl (C=O) groups excluding carboxylic acids is 5. The molecule has 5 aromatic rings. The van der Waals surface area contributed by atoms with Crippen molar-refractivity contribution in [2.45, 2.75) is 115 Å². The van der Waals surface area contributed by atoms with E-state index in [4.69, 9.17) is 36.6 Å². The molecule has 1 radical (unpaired) electrons. The molecule has 5 N–H and O–H groups in total. The zero-order chi connectivity index (χ0) is 54.1. The van der Waals surface area contributed by atoms with Crippen molar-refractivity contribution in [2.75, 3.05) is 47.3 Å². The molecular weight excluding hydrogens is 1160 g/mol. The van der Waals surface area contributed by atoms with Gasteiger partial charge in [-0.05, 0) is 82.8 Å². The summed E-state index contributed by atoms with van der Waals surface area (Å²) in [5.74, 6) is -1.89. The van der Waals surface area contributed by atoms with Crippen LogP contribution in [0.5, 0.6) is 11.5 Å². The maximum Gasteiger partial charge on any atom is 0.343 e. The van der Waals surface area contributed by atoms with Crippen molar-refractivity contribution in [1.82, 2.24) is 60.7 Å². The number of rotatable bonds is 25. The van der Waals surface area contributed by atoms with E-state index in [1.54, 1.807) is 53.0 Å². The van der Waals surface area contributed by atoms with Crippen LogP contribution in [0.15, 0.2) is 52.8 Å². The molecule has 23 nitrogen and oxygen atoms in total. The van der Waals surface area contributed by atoms with Gasteiger partial charge in [0.1, 0.15) is 31.1 Å². The molecule has 0 aliphatic carbocycles. The first-order valence-corrected chi connectivity index (χ1v) is 25.8. The van der Waals surface area contributed by atoms with Gasteiger partial charge in [0, 0.05) is 97.3 Å². The monoisotopic (exact) mass is 1220 g/mol. The number of fused-ring (bicyclic) bond motifs is 6. The normalized spacial score (nSPS) is 15.9. The Hall–Kier alpha value is -6.12. The van der Waals surface area contributed by atoms with E-state index in [-0.39, 0.29) is 119 Å². The average molecular weight is 1220 g/mol. The topological polar surface area (TPSA) is 285 Å². The molecule has 0 saturated heterocycles. The number of cyclic esters (lactones) is 1. The number of aliphatic hydroxyl groups is 1. The van der Waals surface area contributed by atoms with Crippen LogP contribution in [-0.2, 0) is 71.4 Å². The predicted molar refractivity (Wildman–Crippen MR) is 278 cm³/mol. The summed E-state index contributed by atoms with van der Waals surface area (Å²) in [6.07, 6.45) is 12.6. The Morgan fingerprint density at radius 1 is 0.948 bits per heavy atom.